The minimum Gasteiger partial charge on any atom is -0.505 e. The topological polar surface area (TPSA) is 50.9 Å². The van der Waals surface area contributed by atoms with Crippen molar-refractivity contribution in [2.75, 3.05) is 0 Å². The molecule has 0 aliphatic heterocycles. The number of nitrogens with zero attached hydrogens (tertiary/aromatic N) is 3. The monoisotopic (exact) mass is 393 g/mol. The number of fused-ring (bicyclic) bond motifs is 1. The second kappa shape index (κ2) is 8.17. The zero-order valence-electron chi connectivity index (χ0n) is 18.8. The summed E-state index contributed by atoms with van der Waals surface area (Å²) in [7, 11) is 0. The molecule has 0 spiro atoms. The Labute approximate surface area is 175 Å². The molecule has 4 nitrogen and oxygen atoms in total. The van der Waals surface area contributed by atoms with Crippen LogP contribution in [-0.4, -0.2) is 20.1 Å². The van der Waals surface area contributed by atoms with Gasteiger partial charge >= 0.3 is 0 Å². The van der Waals surface area contributed by atoms with Crippen molar-refractivity contribution in [3.8, 4) is 11.4 Å². The Morgan fingerprint density at radius 1 is 0.931 bits per heavy atom. The SMILES string of the molecule is CCCC(C)(C)CCCc1cc(-n2nc3ccccc3n2)c(O)c(C(C)(C)C)c1. The molecule has 2 aromatic carbocycles. The zero-order chi connectivity index (χ0) is 21.2. The summed E-state index contributed by atoms with van der Waals surface area (Å²) in [5, 5.41) is 20.2. The fraction of sp³-hybridized carbons (Fsp3) is 0.520. The van der Waals surface area contributed by atoms with Gasteiger partial charge in [-0.15, -0.1) is 15.0 Å². The van der Waals surface area contributed by atoms with E-state index >= 15 is 0 Å². The van der Waals surface area contributed by atoms with Gasteiger partial charge in [-0.25, -0.2) is 0 Å². The molecule has 0 aliphatic rings. The molecule has 0 fully saturated rings. The zero-order valence-corrected chi connectivity index (χ0v) is 18.8. The Morgan fingerprint density at radius 2 is 1.55 bits per heavy atom. The molecule has 0 unspecified atom stereocenters. The van der Waals surface area contributed by atoms with Gasteiger partial charge in [0, 0.05) is 5.56 Å². The van der Waals surface area contributed by atoms with Crippen molar-refractivity contribution in [1.82, 2.24) is 15.0 Å². The molecule has 1 heterocycles. The molecule has 0 amide bonds. The number of aryl methyl sites for hydroxylation is 1. The lowest BCUT2D eigenvalue weighted by Gasteiger charge is -2.25. The number of rotatable bonds is 7. The molecule has 156 valence electrons. The Kier molecular flexibility index (Phi) is 6.02. The number of phenols is 1. The molecule has 0 radical (unpaired) electrons. The standard InChI is InChI=1S/C25H35N3O/c1-7-14-25(5,6)15-10-11-18-16-19(24(2,3)4)23(29)22(17-18)28-26-20-12-8-9-13-21(20)27-28/h8-9,12-13,16-17,29H,7,10-11,14-15H2,1-6H3. The van der Waals surface area contributed by atoms with Crippen molar-refractivity contribution in [3.63, 3.8) is 0 Å². The minimum atomic E-state index is -0.164. The van der Waals surface area contributed by atoms with E-state index in [0.29, 0.717) is 11.1 Å². The Hall–Kier alpha value is -2.36. The first-order chi connectivity index (χ1) is 13.6. The maximum absolute atomic E-state index is 11.1. The predicted octanol–water partition coefficient (Wildman–Crippen LogP) is 6.57. The second-order valence-corrected chi connectivity index (χ2v) is 10.0. The summed E-state index contributed by atoms with van der Waals surface area (Å²) in [4.78, 5) is 1.58. The number of hydrogen-bond donors (Lipinski definition) is 1. The van der Waals surface area contributed by atoms with Crippen LogP contribution in [-0.2, 0) is 11.8 Å². The average Bonchev–Trinajstić information content (AvgIpc) is 3.05. The van der Waals surface area contributed by atoms with E-state index in [1.807, 2.05) is 24.3 Å². The lowest BCUT2D eigenvalue weighted by Crippen LogP contribution is -2.14. The Bertz CT molecular complexity index is 946. The van der Waals surface area contributed by atoms with Crippen molar-refractivity contribution in [2.24, 2.45) is 5.41 Å². The number of aromatic nitrogens is 3. The van der Waals surface area contributed by atoms with E-state index in [-0.39, 0.29) is 11.2 Å². The van der Waals surface area contributed by atoms with Gasteiger partial charge in [-0.2, -0.15) is 0 Å². The van der Waals surface area contributed by atoms with Gasteiger partial charge in [0.25, 0.3) is 0 Å². The molecule has 3 rings (SSSR count). The first-order valence-electron chi connectivity index (χ1n) is 10.8. The molecule has 4 heteroatoms. The van der Waals surface area contributed by atoms with Crippen molar-refractivity contribution in [1.29, 1.82) is 0 Å². The third kappa shape index (κ3) is 4.98. The summed E-state index contributed by atoms with van der Waals surface area (Å²) in [6.45, 7) is 13.4. The van der Waals surface area contributed by atoms with Crippen LogP contribution >= 0.6 is 0 Å². The van der Waals surface area contributed by atoms with Crippen LogP contribution in [0.5, 0.6) is 5.75 Å². The Morgan fingerprint density at radius 3 is 2.10 bits per heavy atom. The van der Waals surface area contributed by atoms with Crippen LogP contribution in [0.1, 0.15) is 78.4 Å². The predicted molar refractivity (Wildman–Crippen MR) is 121 cm³/mol. The van der Waals surface area contributed by atoms with Gasteiger partial charge in [-0.1, -0.05) is 66.2 Å². The van der Waals surface area contributed by atoms with Gasteiger partial charge in [0.1, 0.15) is 22.5 Å². The molecule has 0 aliphatic carbocycles. The van der Waals surface area contributed by atoms with E-state index in [9.17, 15) is 5.11 Å². The molecular weight excluding hydrogens is 358 g/mol. The quantitative estimate of drug-likeness (QED) is 0.494. The van der Waals surface area contributed by atoms with Crippen LogP contribution in [0.25, 0.3) is 16.7 Å². The lowest BCUT2D eigenvalue weighted by atomic mass is 9.81. The smallest absolute Gasteiger partial charge is 0.146 e. The van der Waals surface area contributed by atoms with Gasteiger partial charge in [0.05, 0.1) is 0 Å². The van der Waals surface area contributed by atoms with Crippen LogP contribution < -0.4 is 0 Å². The number of aromatic hydroxyl groups is 1. The normalized spacial score (nSPS) is 12.6. The first kappa shape index (κ1) is 21.4. The van der Waals surface area contributed by atoms with Crippen LogP contribution in [0, 0.1) is 5.41 Å². The molecular formula is C25H35N3O. The van der Waals surface area contributed by atoms with Gasteiger partial charge < -0.3 is 5.11 Å². The van der Waals surface area contributed by atoms with Crippen molar-refractivity contribution < 1.29 is 5.11 Å². The maximum Gasteiger partial charge on any atom is 0.146 e. The number of hydrogen-bond acceptors (Lipinski definition) is 3. The summed E-state index contributed by atoms with van der Waals surface area (Å²) in [5.41, 5.74) is 4.71. The lowest BCUT2D eigenvalue weighted by molar-refractivity contribution is 0.296. The maximum atomic E-state index is 11.1. The van der Waals surface area contributed by atoms with Crippen molar-refractivity contribution >= 4 is 11.0 Å². The highest BCUT2D eigenvalue weighted by Crippen LogP contribution is 2.37. The third-order valence-corrected chi connectivity index (χ3v) is 5.71. The van der Waals surface area contributed by atoms with Gasteiger partial charge in [0.15, 0.2) is 0 Å². The van der Waals surface area contributed by atoms with Crippen LogP contribution in [0.15, 0.2) is 36.4 Å². The van der Waals surface area contributed by atoms with Crippen LogP contribution in [0.4, 0.5) is 0 Å². The average molecular weight is 394 g/mol. The van der Waals surface area contributed by atoms with Crippen molar-refractivity contribution in [3.05, 3.63) is 47.5 Å². The van der Waals surface area contributed by atoms with E-state index in [1.54, 1.807) is 4.80 Å². The van der Waals surface area contributed by atoms with E-state index in [4.69, 9.17) is 0 Å². The van der Waals surface area contributed by atoms with Gasteiger partial charge in [-0.3, -0.25) is 0 Å². The van der Waals surface area contributed by atoms with E-state index in [1.165, 1.54) is 24.8 Å². The molecule has 0 saturated heterocycles. The molecule has 1 N–H and O–H groups in total. The van der Waals surface area contributed by atoms with Crippen LogP contribution in [0.3, 0.4) is 0 Å². The summed E-state index contributed by atoms with van der Waals surface area (Å²) < 4.78 is 0. The fourth-order valence-corrected chi connectivity index (χ4v) is 4.09. The largest absolute Gasteiger partial charge is 0.505 e. The van der Waals surface area contributed by atoms with E-state index in [0.717, 1.165) is 29.4 Å². The highest BCUT2D eigenvalue weighted by atomic mass is 16.3. The van der Waals surface area contributed by atoms with Gasteiger partial charge in [-0.05, 0) is 60.3 Å². The summed E-state index contributed by atoms with van der Waals surface area (Å²) in [5.74, 6) is 0.271. The van der Waals surface area contributed by atoms with Gasteiger partial charge in [0.2, 0.25) is 0 Å². The first-order valence-corrected chi connectivity index (χ1v) is 10.8. The molecule has 29 heavy (non-hydrogen) atoms. The highest BCUT2D eigenvalue weighted by molar-refractivity contribution is 5.73. The molecule has 0 saturated carbocycles. The minimum absolute atomic E-state index is 0.164. The molecule has 3 aromatic rings. The number of phenolic OH excluding ortho intramolecular Hbond substituents is 1. The fourth-order valence-electron chi connectivity index (χ4n) is 4.09. The highest BCUT2D eigenvalue weighted by Gasteiger charge is 2.23. The second-order valence-electron chi connectivity index (χ2n) is 10.0. The van der Waals surface area contributed by atoms with E-state index < -0.39 is 0 Å². The molecule has 0 atom stereocenters. The summed E-state index contributed by atoms with van der Waals surface area (Å²) >= 11 is 0. The summed E-state index contributed by atoms with van der Waals surface area (Å²) in [6, 6.07) is 12.0. The van der Waals surface area contributed by atoms with Crippen molar-refractivity contribution in [2.45, 2.75) is 79.1 Å². The third-order valence-electron chi connectivity index (χ3n) is 5.71. The number of benzene rings is 2. The van der Waals surface area contributed by atoms with E-state index in [2.05, 4.69) is 63.9 Å². The molecule has 0 bridgehead atoms. The Balaban J connectivity index is 1.96. The summed E-state index contributed by atoms with van der Waals surface area (Å²) in [6.07, 6.45) is 5.80. The van der Waals surface area contributed by atoms with Crippen LogP contribution in [0.2, 0.25) is 0 Å². The molecule has 1 aromatic heterocycles.